The van der Waals surface area contributed by atoms with E-state index in [-0.39, 0.29) is 10.8 Å². The molecule has 4 rings (SSSR count). The predicted octanol–water partition coefficient (Wildman–Crippen LogP) is 4.19. The van der Waals surface area contributed by atoms with E-state index < -0.39 is 5.60 Å². The van der Waals surface area contributed by atoms with E-state index >= 15 is 0 Å². The molecule has 0 aromatic heterocycles. The number of hydrogen-bond donors (Lipinski definition) is 1. The molecule has 0 saturated heterocycles. The third-order valence-corrected chi connectivity index (χ3v) is 7.98. The third-order valence-electron chi connectivity index (χ3n) is 7.98. The molecule has 0 amide bonds. The fourth-order valence-corrected chi connectivity index (χ4v) is 6.36. The lowest BCUT2D eigenvalue weighted by Crippen LogP contribution is -2.62. The van der Waals surface area contributed by atoms with Gasteiger partial charge in [-0.1, -0.05) is 37.6 Å². The number of allylic oxidation sites excluding steroid dienone is 2. The standard InChI is InChI=1S/C20H28O2/c1-13-8-9-19(3)14(12-13)4-5-16-15-6-7-17(21)18(15,2)10-11-20(16,19)22/h12,15-16,22H,1,4-11H2,2-3H3/t15?,16?,18-,19-,20+/m0/s1. The quantitative estimate of drug-likeness (QED) is 0.728. The first-order chi connectivity index (χ1) is 10.3. The molecule has 0 spiro atoms. The van der Waals surface area contributed by atoms with Gasteiger partial charge in [-0.05, 0) is 56.8 Å². The molecule has 0 aliphatic heterocycles. The van der Waals surface area contributed by atoms with Crippen LogP contribution in [0.3, 0.4) is 0 Å². The lowest BCUT2D eigenvalue weighted by Gasteiger charge is -2.62. The van der Waals surface area contributed by atoms with Gasteiger partial charge in [-0.3, -0.25) is 4.79 Å². The largest absolute Gasteiger partial charge is 0.389 e. The summed E-state index contributed by atoms with van der Waals surface area (Å²) in [6, 6.07) is 0. The van der Waals surface area contributed by atoms with Crippen molar-refractivity contribution in [3.05, 3.63) is 23.8 Å². The Morgan fingerprint density at radius 1 is 1.09 bits per heavy atom. The van der Waals surface area contributed by atoms with Crippen molar-refractivity contribution in [2.45, 2.75) is 70.8 Å². The first kappa shape index (κ1) is 14.7. The zero-order valence-corrected chi connectivity index (χ0v) is 14.0. The molecule has 5 atom stereocenters. The number of aliphatic hydroxyl groups is 1. The van der Waals surface area contributed by atoms with Crippen LogP contribution in [-0.4, -0.2) is 16.5 Å². The van der Waals surface area contributed by atoms with Crippen molar-refractivity contribution in [1.29, 1.82) is 0 Å². The normalized spacial score (nSPS) is 51.0. The van der Waals surface area contributed by atoms with Gasteiger partial charge >= 0.3 is 0 Å². The molecule has 0 aromatic rings. The average molecular weight is 300 g/mol. The van der Waals surface area contributed by atoms with Crippen LogP contribution in [0.1, 0.15) is 65.2 Å². The molecule has 120 valence electrons. The minimum Gasteiger partial charge on any atom is -0.389 e. The van der Waals surface area contributed by atoms with Gasteiger partial charge in [-0.2, -0.15) is 0 Å². The Kier molecular flexibility index (Phi) is 2.90. The van der Waals surface area contributed by atoms with Crippen LogP contribution in [0, 0.1) is 22.7 Å². The molecule has 2 nitrogen and oxygen atoms in total. The second kappa shape index (κ2) is 4.35. The van der Waals surface area contributed by atoms with E-state index in [1.165, 1.54) is 11.1 Å². The summed E-state index contributed by atoms with van der Waals surface area (Å²) in [5.74, 6) is 1.14. The Bertz CT molecular complexity index is 589. The molecule has 2 unspecified atom stereocenters. The highest BCUT2D eigenvalue weighted by Crippen LogP contribution is 2.66. The fourth-order valence-electron chi connectivity index (χ4n) is 6.36. The second-order valence-corrected chi connectivity index (χ2v) is 8.72. The Morgan fingerprint density at radius 2 is 1.82 bits per heavy atom. The van der Waals surface area contributed by atoms with Crippen LogP contribution in [0.15, 0.2) is 23.8 Å². The summed E-state index contributed by atoms with van der Waals surface area (Å²) in [7, 11) is 0. The summed E-state index contributed by atoms with van der Waals surface area (Å²) in [6.07, 6.45) is 9.75. The van der Waals surface area contributed by atoms with Crippen molar-refractivity contribution in [3.8, 4) is 0 Å². The zero-order chi connectivity index (χ0) is 15.8. The zero-order valence-electron chi connectivity index (χ0n) is 14.0. The number of carbonyl (C=O) groups is 1. The minimum atomic E-state index is -0.618. The molecule has 0 heterocycles. The van der Waals surface area contributed by atoms with Gasteiger partial charge in [0.2, 0.25) is 0 Å². The Hall–Kier alpha value is -0.890. The lowest BCUT2D eigenvalue weighted by atomic mass is 9.45. The summed E-state index contributed by atoms with van der Waals surface area (Å²) in [5, 5.41) is 11.8. The molecule has 4 aliphatic rings. The molecule has 3 fully saturated rings. The lowest BCUT2D eigenvalue weighted by molar-refractivity contribution is -0.187. The van der Waals surface area contributed by atoms with Crippen LogP contribution in [0.2, 0.25) is 0 Å². The van der Waals surface area contributed by atoms with Gasteiger partial charge in [0.25, 0.3) is 0 Å². The number of fused-ring (bicyclic) bond motifs is 5. The average Bonchev–Trinajstić information content (AvgIpc) is 2.77. The van der Waals surface area contributed by atoms with E-state index in [0.717, 1.165) is 51.4 Å². The van der Waals surface area contributed by atoms with Crippen LogP contribution in [0.25, 0.3) is 0 Å². The maximum absolute atomic E-state index is 12.4. The highest BCUT2D eigenvalue weighted by molar-refractivity contribution is 5.87. The molecule has 0 aromatic carbocycles. The first-order valence-corrected chi connectivity index (χ1v) is 8.96. The number of ketones is 1. The SMILES string of the molecule is C=C1C=C2CCC3C4CCC(=O)[C@@]4(C)CC[C@]3(O)[C@@]2(C)CC1. The maximum atomic E-state index is 12.4. The van der Waals surface area contributed by atoms with E-state index in [1.807, 2.05) is 0 Å². The topological polar surface area (TPSA) is 37.3 Å². The van der Waals surface area contributed by atoms with Gasteiger partial charge in [0, 0.05) is 17.3 Å². The smallest absolute Gasteiger partial charge is 0.139 e. The number of carbonyl (C=O) groups excluding carboxylic acids is 1. The second-order valence-electron chi connectivity index (χ2n) is 8.72. The fraction of sp³-hybridized carbons (Fsp3) is 0.750. The van der Waals surface area contributed by atoms with Gasteiger partial charge in [0.05, 0.1) is 5.60 Å². The first-order valence-electron chi connectivity index (χ1n) is 8.96. The van der Waals surface area contributed by atoms with Crippen LogP contribution in [0.5, 0.6) is 0 Å². The van der Waals surface area contributed by atoms with Gasteiger partial charge in [-0.15, -0.1) is 0 Å². The Labute approximate surface area is 133 Å². The molecule has 2 heteroatoms. The molecule has 22 heavy (non-hydrogen) atoms. The van der Waals surface area contributed by atoms with E-state index in [9.17, 15) is 9.90 Å². The molecular formula is C20H28O2. The molecule has 3 saturated carbocycles. The predicted molar refractivity (Wildman–Crippen MR) is 87.3 cm³/mol. The molecular weight excluding hydrogens is 272 g/mol. The third kappa shape index (κ3) is 1.57. The molecule has 4 aliphatic carbocycles. The van der Waals surface area contributed by atoms with E-state index in [2.05, 4.69) is 26.5 Å². The molecule has 0 bridgehead atoms. The summed E-state index contributed by atoms with van der Waals surface area (Å²) in [4.78, 5) is 12.4. The van der Waals surface area contributed by atoms with Crippen molar-refractivity contribution in [2.24, 2.45) is 22.7 Å². The monoisotopic (exact) mass is 300 g/mol. The van der Waals surface area contributed by atoms with E-state index in [1.54, 1.807) is 0 Å². The maximum Gasteiger partial charge on any atom is 0.139 e. The van der Waals surface area contributed by atoms with Crippen LogP contribution in [-0.2, 0) is 4.79 Å². The van der Waals surface area contributed by atoms with Gasteiger partial charge in [0.15, 0.2) is 0 Å². The van der Waals surface area contributed by atoms with Gasteiger partial charge < -0.3 is 5.11 Å². The summed E-state index contributed by atoms with van der Waals surface area (Å²) < 4.78 is 0. The number of hydrogen-bond acceptors (Lipinski definition) is 2. The molecule has 1 N–H and O–H groups in total. The van der Waals surface area contributed by atoms with E-state index in [0.29, 0.717) is 17.6 Å². The summed E-state index contributed by atoms with van der Waals surface area (Å²) in [5.41, 5.74) is 1.74. The Morgan fingerprint density at radius 3 is 2.59 bits per heavy atom. The van der Waals surface area contributed by atoms with Crippen molar-refractivity contribution in [3.63, 3.8) is 0 Å². The molecule has 0 radical (unpaired) electrons. The van der Waals surface area contributed by atoms with E-state index in [4.69, 9.17) is 0 Å². The number of Topliss-reactive ketones (excluding diaryl/α,β-unsaturated/α-hetero) is 1. The van der Waals surface area contributed by atoms with Crippen molar-refractivity contribution in [1.82, 2.24) is 0 Å². The van der Waals surface area contributed by atoms with Crippen molar-refractivity contribution < 1.29 is 9.90 Å². The van der Waals surface area contributed by atoms with Crippen LogP contribution < -0.4 is 0 Å². The Balaban J connectivity index is 1.78. The van der Waals surface area contributed by atoms with Crippen molar-refractivity contribution in [2.75, 3.05) is 0 Å². The van der Waals surface area contributed by atoms with Gasteiger partial charge in [-0.25, -0.2) is 0 Å². The van der Waals surface area contributed by atoms with Crippen LogP contribution in [0.4, 0.5) is 0 Å². The number of rotatable bonds is 0. The highest BCUT2D eigenvalue weighted by atomic mass is 16.3. The van der Waals surface area contributed by atoms with Crippen molar-refractivity contribution >= 4 is 5.78 Å². The highest BCUT2D eigenvalue weighted by Gasteiger charge is 2.65. The summed E-state index contributed by atoms with van der Waals surface area (Å²) in [6.45, 7) is 8.58. The summed E-state index contributed by atoms with van der Waals surface area (Å²) >= 11 is 0. The van der Waals surface area contributed by atoms with Gasteiger partial charge in [0.1, 0.15) is 5.78 Å². The minimum absolute atomic E-state index is 0.107. The van der Waals surface area contributed by atoms with Crippen LogP contribution >= 0.6 is 0 Å².